The van der Waals surface area contributed by atoms with Crippen LogP contribution in [-0.2, 0) is 9.59 Å². The van der Waals surface area contributed by atoms with Gasteiger partial charge in [-0.25, -0.2) is 0 Å². The molecule has 144 valence electrons. The predicted octanol–water partition coefficient (Wildman–Crippen LogP) is 3.51. The van der Waals surface area contributed by atoms with Crippen LogP contribution in [0.2, 0.25) is 5.02 Å². The van der Waals surface area contributed by atoms with Crippen molar-refractivity contribution in [2.24, 2.45) is 5.92 Å². The van der Waals surface area contributed by atoms with Gasteiger partial charge < -0.3 is 20.1 Å². The number of amides is 2. The van der Waals surface area contributed by atoms with E-state index in [1.165, 1.54) is 0 Å². The number of halogens is 1. The van der Waals surface area contributed by atoms with E-state index in [0.717, 1.165) is 5.75 Å². The Morgan fingerprint density at radius 1 is 0.926 bits per heavy atom. The lowest BCUT2D eigenvalue weighted by Crippen LogP contribution is -2.35. The van der Waals surface area contributed by atoms with Crippen LogP contribution >= 0.6 is 11.6 Å². The van der Waals surface area contributed by atoms with Crippen molar-refractivity contribution in [2.45, 2.75) is 13.8 Å². The van der Waals surface area contributed by atoms with Crippen molar-refractivity contribution in [3.8, 4) is 11.5 Å². The highest BCUT2D eigenvalue weighted by Gasteiger charge is 2.07. The van der Waals surface area contributed by atoms with E-state index in [1.54, 1.807) is 48.5 Å². The molecule has 0 fully saturated rings. The summed E-state index contributed by atoms with van der Waals surface area (Å²) < 4.78 is 10.9. The fourth-order valence-corrected chi connectivity index (χ4v) is 2.14. The van der Waals surface area contributed by atoms with Gasteiger partial charge in [0.1, 0.15) is 11.5 Å². The minimum atomic E-state index is -0.391. The zero-order valence-electron chi connectivity index (χ0n) is 15.3. The Hall–Kier alpha value is -2.73. The number of rotatable bonds is 9. The van der Waals surface area contributed by atoms with Crippen LogP contribution in [-0.4, -0.2) is 31.6 Å². The summed E-state index contributed by atoms with van der Waals surface area (Å²) in [6, 6.07) is 13.7. The van der Waals surface area contributed by atoms with E-state index in [0.29, 0.717) is 29.0 Å². The van der Waals surface area contributed by atoms with Crippen molar-refractivity contribution in [1.82, 2.24) is 5.32 Å². The molecule has 27 heavy (non-hydrogen) atoms. The van der Waals surface area contributed by atoms with Crippen molar-refractivity contribution in [1.29, 1.82) is 0 Å². The normalized spacial score (nSPS) is 10.4. The monoisotopic (exact) mass is 390 g/mol. The van der Waals surface area contributed by atoms with Crippen molar-refractivity contribution in [2.75, 3.05) is 25.1 Å². The van der Waals surface area contributed by atoms with E-state index in [4.69, 9.17) is 21.1 Å². The van der Waals surface area contributed by atoms with E-state index in [9.17, 15) is 9.59 Å². The van der Waals surface area contributed by atoms with E-state index >= 15 is 0 Å². The first-order valence-electron chi connectivity index (χ1n) is 8.60. The molecular weight excluding hydrogens is 368 g/mol. The average Bonchev–Trinajstić information content (AvgIpc) is 2.65. The molecule has 2 amide bonds. The number of hydrogen-bond acceptors (Lipinski definition) is 4. The van der Waals surface area contributed by atoms with Crippen LogP contribution < -0.4 is 20.1 Å². The van der Waals surface area contributed by atoms with E-state index in [1.807, 2.05) is 0 Å². The Labute approximate surface area is 163 Å². The fraction of sp³-hybridized carbons (Fsp3) is 0.300. The molecule has 2 aromatic carbocycles. The van der Waals surface area contributed by atoms with Crippen LogP contribution in [0.3, 0.4) is 0 Å². The molecule has 0 radical (unpaired) electrons. The molecule has 0 bridgehead atoms. The molecule has 0 aliphatic heterocycles. The molecule has 2 rings (SSSR count). The maximum absolute atomic E-state index is 11.9. The third-order valence-corrected chi connectivity index (χ3v) is 3.60. The lowest BCUT2D eigenvalue weighted by atomic mass is 10.2. The van der Waals surface area contributed by atoms with Gasteiger partial charge in [0.25, 0.3) is 5.91 Å². The first-order chi connectivity index (χ1) is 12.9. The molecular formula is C20H23ClN2O4. The summed E-state index contributed by atoms with van der Waals surface area (Å²) >= 11 is 5.78. The molecule has 7 heteroatoms. The molecule has 0 aliphatic carbocycles. The number of hydrogen-bond donors (Lipinski definition) is 2. The quantitative estimate of drug-likeness (QED) is 0.687. The standard InChI is InChI=1S/C20H23ClN2O4/c1-14(2)12-26-18-9-5-16(6-10-18)23-19(24)11-22-20(25)13-27-17-7-3-15(21)4-8-17/h3-10,14H,11-13H2,1-2H3,(H,22,25)(H,23,24). The van der Waals surface area contributed by atoms with Gasteiger partial charge in [0.05, 0.1) is 13.2 Å². The first-order valence-corrected chi connectivity index (χ1v) is 8.98. The SMILES string of the molecule is CC(C)COc1ccc(NC(=O)CNC(=O)COc2ccc(Cl)cc2)cc1. The zero-order chi connectivity index (χ0) is 19.6. The van der Waals surface area contributed by atoms with Crippen molar-refractivity contribution >= 4 is 29.1 Å². The number of carbonyl (C=O) groups excluding carboxylic acids is 2. The minimum Gasteiger partial charge on any atom is -0.493 e. The first kappa shape index (κ1) is 20.6. The second-order valence-corrected chi connectivity index (χ2v) is 6.73. The Bertz CT molecular complexity index is 746. The van der Waals surface area contributed by atoms with Gasteiger partial charge in [-0.05, 0) is 54.4 Å². The number of benzene rings is 2. The minimum absolute atomic E-state index is 0.144. The molecule has 0 aromatic heterocycles. The van der Waals surface area contributed by atoms with Crippen LogP contribution in [0.5, 0.6) is 11.5 Å². The molecule has 0 saturated heterocycles. The maximum Gasteiger partial charge on any atom is 0.258 e. The van der Waals surface area contributed by atoms with Gasteiger partial charge in [-0.2, -0.15) is 0 Å². The summed E-state index contributed by atoms with van der Waals surface area (Å²) in [7, 11) is 0. The summed E-state index contributed by atoms with van der Waals surface area (Å²) in [6.45, 7) is 4.45. The number of anilines is 1. The highest BCUT2D eigenvalue weighted by molar-refractivity contribution is 6.30. The smallest absolute Gasteiger partial charge is 0.258 e. The number of carbonyl (C=O) groups is 2. The zero-order valence-corrected chi connectivity index (χ0v) is 16.1. The summed E-state index contributed by atoms with van der Waals surface area (Å²) in [5.74, 6) is 0.994. The average molecular weight is 391 g/mol. The highest BCUT2D eigenvalue weighted by Crippen LogP contribution is 2.16. The van der Waals surface area contributed by atoms with Gasteiger partial charge in [0.15, 0.2) is 6.61 Å². The van der Waals surface area contributed by atoms with Crippen LogP contribution in [0, 0.1) is 5.92 Å². The largest absolute Gasteiger partial charge is 0.493 e. The van der Waals surface area contributed by atoms with Gasteiger partial charge in [0.2, 0.25) is 5.91 Å². The molecule has 0 spiro atoms. The topological polar surface area (TPSA) is 76.7 Å². The lowest BCUT2D eigenvalue weighted by Gasteiger charge is -2.10. The van der Waals surface area contributed by atoms with Gasteiger partial charge in [-0.1, -0.05) is 25.4 Å². The molecule has 0 atom stereocenters. The van der Waals surface area contributed by atoms with Crippen LogP contribution in [0.1, 0.15) is 13.8 Å². The second-order valence-electron chi connectivity index (χ2n) is 6.30. The summed E-state index contributed by atoms with van der Waals surface area (Å²) in [6.07, 6.45) is 0. The van der Waals surface area contributed by atoms with Gasteiger partial charge in [-0.3, -0.25) is 9.59 Å². The molecule has 0 saturated carbocycles. The van der Waals surface area contributed by atoms with Crippen molar-refractivity contribution in [3.05, 3.63) is 53.6 Å². The third kappa shape index (κ3) is 8.00. The lowest BCUT2D eigenvalue weighted by molar-refractivity contribution is -0.125. The third-order valence-electron chi connectivity index (χ3n) is 3.35. The van der Waals surface area contributed by atoms with Crippen LogP contribution in [0.25, 0.3) is 0 Å². The second kappa shape index (κ2) is 10.4. The Kier molecular flexibility index (Phi) is 7.95. The molecule has 6 nitrogen and oxygen atoms in total. The molecule has 0 unspecified atom stereocenters. The molecule has 2 aromatic rings. The van der Waals surface area contributed by atoms with Crippen molar-refractivity contribution in [3.63, 3.8) is 0 Å². The number of ether oxygens (including phenoxy) is 2. The Morgan fingerprint density at radius 3 is 2.15 bits per heavy atom. The summed E-state index contributed by atoms with van der Waals surface area (Å²) in [5.41, 5.74) is 0.628. The molecule has 2 N–H and O–H groups in total. The highest BCUT2D eigenvalue weighted by atomic mass is 35.5. The Morgan fingerprint density at radius 2 is 1.52 bits per heavy atom. The van der Waals surface area contributed by atoms with E-state index < -0.39 is 5.91 Å². The fourth-order valence-electron chi connectivity index (χ4n) is 2.01. The number of nitrogens with one attached hydrogen (secondary N) is 2. The van der Waals surface area contributed by atoms with E-state index in [-0.39, 0.29) is 19.1 Å². The summed E-state index contributed by atoms with van der Waals surface area (Å²) in [5, 5.41) is 5.79. The Balaban J connectivity index is 1.69. The molecule has 0 heterocycles. The maximum atomic E-state index is 11.9. The summed E-state index contributed by atoms with van der Waals surface area (Å²) in [4.78, 5) is 23.7. The van der Waals surface area contributed by atoms with Crippen LogP contribution in [0.15, 0.2) is 48.5 Å². The van der Waals surface area contributed by atoms with Gasteiger partial charge in [-0.15, -0.1) is 0 Å². The van der Waals surface area contributed by atoms with Crippen molar-refractivity contribution < 1.29 is 19.1 Å². The van der Waals surface area contributed by atoms with Crippen LogP contribution in [0.4, 0.5) is 5.69 Å². The van der Waals surface area contributed by atoms with Gasteiger partial charge >= 0.3 is 0 Å². The molecule has 0 aliphatic rings. The van der Waals surface area contributed by atoms with Gasteiger partial charge in [0, 0.05) is 10.7 Å². The predicted molar refractivity (Wildman–Crippen MR) is 105 cm³/mol. The van der Waals surface area contributed by atoms with E-state index in [2.05, 4.69) is 24.5 Å².